The van der Waals surface area contributed by atoms with Crippen LogP contribution in [0.3, 0.4) is 0 Å². The second-order valence-corrected chi connectivity index (χ2v) is 7.99. The second kappa shape index (κ2) is 6.22. The van der Waals surface area contributed by atoms with E-state index >= 15 is 0 Å². The number of fused-ring (bicyclic) bond motifs is 2. The van der Waals surface area contributed by atoms with Gasteiger partial charge in [0.1, 0.15) is 18.7 Å². The van der Waals surface area contributed by atoms with Crippen LogP contribution in [0.25, 0.3) is 11.2 Å². The normalized spacial score (nSPS) is 22.6. The lowest BCUT2D eigenvalue weighted by Crippen LogP contribution is -2.24. The van der Waals surface area contributed by atoms with E-state index in [-0.39, 0.29) is 23.8 Å². The molecule has 3 atom stereocenters. The SMILES string of the molecule is Cn1cnc2ncn(Cc3nc([C@@H]4[C@@H]5CN(c6cccc(F)c6)C[C@@H]54)no3)c(=O)c21. The van der Waals surface area contributed by atoms with Crippen LogP contribution in [0, 0.1) is 17.7 Å². The quantitative estimate of drug-likeness (QED) is 0.507. The number of hydrogen-bond donors (Lipinski definition) is 0. The Balaban J connectivity index is 1.17. The van der Waals surface area contributed by atoms with Gasteiger partial charge < -0.3 is 14.0 Å². The molecule has 30 heavy (non-hydrogen) atoms. The second-order valence-electron chi connectivity index (χ2n) is 7.99. The number of hydrogen-bond acceptors (Lipinski definition) is 7. The molecule has 4 heterocycles. The summed E-state index contributed by atoms with van der Waals surface area (Å²) < 4.78 is 22.0. The van der Waals surface area contributed by atoms with Crippen molar-refractivity contribution in [3.8, 4) is 0 Å². The number of rotatable bonds is 4. The highest BCUT2D eigenvalue weighted by atomic mass is 19.1. The van der Waals surface area contributed by atoms with Gasteiger partial charge in [0, 0.05) is 31.7 Å². The molecule has 10 heteroatoms. The number of piperidine rings is 1. The molecule has 2 fully saturated rings. The van der Waals surface area contributed by atoms with Gasteiger partial charge in [0.15, 0.2) is 17.0 Å². The Bertz CT molecular complexity index is 1310. The van der Waals surface area contributed by atoms with Crippen molar-refractivity contribution in [2.45, 2.75) is 12.5 Å². The van der Waals surface area contributed by atoms with Gasteiger partial charge in [0.05, 0.1) is 6.33 Å². The molecule has 0 unspecified atom stereocenters. The fourth-order valence-corrected chi connectivity index (χ4v) is 4.59. The van der Waals surface area contributed by atoms with Crippen molar-refractivity contribution in [3.05, 3.63) is 64.8 Å². The number of imidazole rings is 1. The van der Waals surface area contributed by atoms with Gasteiger partial charge in [-0.05, 0) is 30.0 Å². The summed E-state index contributed by atoms with van der Waals surface area (Å²) in [5.41, 5.74) is 1.56. The molecule has 3 aromatic heterocycles. The van der Waals surface area contributed by atoms with E-state index in [9.17, 15) is 9.18 Å². The highest BCUT2D eigenvalue weighted by Crippen LogP contribution is 2.57. The first-order valence-electron chi connectivity index (χ1n) is 9.78. The molecule has 1 aliphatic carbocycles. The highest BCUT2D eigenvalue weighted by Gasteiger charge is 2.58. The van der Waals surface area contributed by atoms with Crippen LogP contribution in [-0.2, 0) is 13.6 Å². The van der Waals surface area contributed by atoms with Gasteiger partial charge in [-0.15, -0.1) is 0 Å². The zero-order valence-electron chi connectivity index (χ0n) is 16.1. The third-order valence-electron chi connectivity index (χ3n) is 6.16. The predicted molar refractivity (Wildman–Crippen MR) is 105 cm³/mol. The van der Waals surface area contributed by atoms with Gasteiger partial charge in [-0.2, -0.15) is 4.98 Å². The lowest BCUT2D eigenvalue weighted by molar-refractivity contribution is 0.363. The molecule has 1 saturated carbocycles. The van der Waals surface area contributed by atoms with E-state index in [2.05, 4.69) is 25.0 Å². The van der Waals surface area contributed by atoms with E-state index in [1.807, 2.05) is 6.07 Å². The molecule has 9 nitrogen and oxygen atoms in total. The Hall–Kier alpha value is -3.56. The Kier molecular flexibility index (Phi) is 3.59. The standard InChI is InChI=1S/C20H18FN7O2/c1-26-9-22-19-17(26)20(29)28(10-23-19)8-15-24-18(25-30-15)16-13-6-27(7-14(13)16)12-4-2-3-11(21)5-12/h2-5,9-10,13-14,16H,6-8H2,1H3/t13-,14+,16-. The number of halogens is 1. The average Bonchev–Trinajstić information content (AvgIpc) is 3.16. The highest BCUT2D eigenvalue weighted by molar-refractivity contribution is 5.68. The molecule has 1 aromatic carbocycles. The van der Waals surface area contributed by atoms with Gasteiger partial charge >= 0.3 is 0 Å². The fraction of sp³-hybridized carbons (Fsp3) is 0.350. The molecule has 1 saturated heterocycles. The minimum absolute atomic E-state index is 0.164. The fourth-order valence-electron chi connectivity index (χ4n) is 4.59. The van der Waals surface area contributed by atoms with Crippen molar-refractivity contribution in [2.75, 3.05) is 18.0 Å². The van der Waals surface area contributed by atoms with Crippen molar-refractivity contribution in [2.24, 2.45) is 18.9 Å². The molecule has 0 amide bonds. The van der Waals surface area contributed by atoms with Crippen LogP contribution in [-0.4, -0.2) is 42.3 Å². The van der Waals surface area contributed by atoms with E-state index in [4.69, 9.17) is 4.52 Å². The maximum Gasteiger partial charge on any atom is 0.280 e. The Morgan fingerprint density at radius 1 is 1.20 bits per heavy atom. The topological polar surface area (TPSA) is 94.9 Å². The molecule has 2 aliphatic rings. The summed E-state index contributed by atoms with van der Waals surface area (Å²) in [4.78, 5) is 27.7. The van der Waals surface area contributed by atoms with E-state index in [0.717, 1.165) is 18.8 Å². The Labute approximate surface area is 169 Å². The van der Waals surface area contributed by atoms with Crippen LogP contribution in [0.4, 0.5) is 10.1 Å². The number of anilines is 1. The number of aryl methyl sites for hydroxylation is 1. The molecule has 152 valence electrons. The largest absolute Gasteiger partial charge is 0.371 e. The summed E-state index contributed by atoms with van der Waals surface area (Å²) in [7, 11) is 1.76. The summed E-state index contributed by atoms with van der Waals surface area (Å²) in [6.45, 7) is 1.86. The van der Waals surface area contributed by atoms with Crippen LogP contribution >= 0.6 is 0 Å². The third kappa shape index (κ3) is 2.63. The molecule has 0 N–H and O–H groups in total. The third-order valence-corrected chi connectivity index (χ3v) is 6.16. The zero-order valence-corrected chi connectivity index (χ0v) is 16.1. The molecule has 6 rings (SSSR count). The summed E-state index contributed by atoms with van der Waals surface area (Å²) in [6, 6.07) is 6.69. The first-order valence-corrected chi connectivity index (χ1v) is 9.78. The first kappa shape index (κ1) is 17.3. The monoisotopic (exact) mass is 407 g/mol. The summed E-state index contributed by atoms with van der Waals surface area (Å²) in [5.74, 6) is 1.97. The molecule has 0 bridgehead atoms. The van der Waals surface area contributed by atoms with E-state index in [1.165, 1.54) is 17.0 Å². The Morgan fingerprint density at radius 3 is 2.80 bits per heavy atom. The van der Waals surface area contributed by atoms with Crippen molar-refractivity contribution in [3.63, 3.8) is 0 Å². The van der Waals surface area contributed by atoms with Crippen molar-refractivity contribution in [1.82, 2.24) is 29.2 Å². The summed E-state index contributed by atoms with van der Waals surface area (Å²) >= 11 is 0. The first-order chi connectivity index (χ1) is 14.6. The van der Waals surface area contributed by atoms with Crippen molar-refractivity contribution < 1.29 is 8.91 Å². The van der Waals surface area contributed by atoms with Crippen molar-refractivity contribution in [1.29, 1.82) is 0 Å². The van der Waals surface area contributed by atoms with Gasteiger partial charge in [-0.25, -0.2) is 14.4 Å². The van der Waals surface area contributed by atoms with E-state index < -0.39 is 0 Å². The van der Waals surface area contributed by atoms with Gasteiger partial charge in [0.25, 0.3) is 5.56 Å². The predicted octanol–water partition coefficient (Wildman–Crippen LogP) is 1.55. The number of aromatic nitrogens is 6. The van der Waals surface area contributed by atoms with Crippen LogP contribution in [0.2, 0.25) is 0 Å². The summed E-state index contributed by atoms with van der Waals surface area (Å²) in [6.07, 6.45) is 3.01. The minimum Gasteiger partial charge on any atom is -0.371 e. The molecule has 0 radical (unpaired) electrons. The molecule has 4 aromatic rings. The van der Waals surface area contributed by atoms with Crippen LogP contribution in [0.15, 0.2) is 46.2 Å². The van der Waals surface area contributed by atoms with Gasteiger partial charge in [0.2, 0.25) is 5.89 Å². The van der Waals surface area contributed by atoms with E-state index in [0.29, 0.717) is 34.7 Å². The van der Waals surface area contributed by atoms with Gasteiger partial charge in [-0.1, -0.05) is 11.2 Å². The molecular formula is C20H18FN7O2. The zero-order chi connectivity index (χ0) is 20.4. The maximum atomic E-state index is 13.5. The lowest BCUT2D eigenvalue weighted by Gasteiger charge is -2.21. The summed E-state index contributed by atoms with van der Waals surface area (Å²) in [5, 5.41) is 4.15. The van der Waals surface area contributed by atoms with Crippen molar-refractivity contribution >= 4 is 16.9 Å². The van der Waals surface area contributed by atoms with Crippen LogP contribution in [0.1, 0.15) is 17.6 Å². The van der Waals surface area contributed by atoms with Crippen LogP contribution in [0.5, 0.6) is 0 Å². The number of nitrogens with zero attached hydrogens (tertiary/aromatic N) is 7. The smallest absolute Gasteiger partial charge is 0.280 e. The molecule has 1 aliphatic heterocycles. The van der Waals surface area contributed by atoms with Crippen LogP contribution < -0.4 is 10.5 Å². The number of benzene rings is 1. The lowest BCUT2D eigenvalue weighted by atomic mass is 10.2. The van der Waals surface area contributed by atoms with Gasteiger partial charge in [-0.3, -0.25) is 9.36 Å². The van der Waals surface area contributed by atoms with E-state index in [1.54, 1.807) is 30.1 Å². The maximum absolute atomic E-state index is 13.5. The minimum atomic E-state index is -0.221. The molecule has 0 spiro atoms. The Morgan fingerprint density at radius 2 is 2.00 bits per heavy atom. The molecular weight excluding hydrogens is 389 g/mol. The average molecular weight is 407 g/mol.